The number of nitrogens with one attached hydrogen (secondary N) is 1. The van der Waals surface area contributed by atoms with Crippen LogP contribution in [0.5, 0.6) is 0 Å². The second-order valence-electron chi connectivity index (χ2n) is 4.33. The normalized spacial score (nSPS) is 15.0. The van der Waals surface area contributed by atoms with Crippen LogP contribution in [0.2, 0.25) is 0 Å². The predicted molar refractivity (Wildman–Crippen MR) is 58.5 cm³/mol. The van der Waals surface area contributed by atoms with E-state index in [0.29, 0.717) is 6.54 Å². The minimum absolute atomic E-state index is 0.0952. The van der Waals surface area contributed by atoms with Crippen molar-refractivity contribution in [1.82, 2.24) is 5.32 Å². The Balaban J connectivity index is 4.08. The fourth-order valence-electron chi connectivity index (χ4n) is 1.13. The molecule has 88 valence electrons. The lowest BCUT2D eigenvalue weighted by Gasteiger charge is -2.26. The minimum Gasteiger partial charge on any atom is -0.409 e. The van der Waals surface area contributed by atoms with Gasteiger partial charge in [-0.05, 0) is 13.8 Å². The Morgan fingerprint density at radius 2 is 2.07 bits per heavy atom. The smallest absolute Gasteiger partial charge is 0.219 e. The van der Waals surface area contributed by atoms with Gasteiger partial charge in [-0.25, -0.2) is 0 Å². The van der Waals surface area contributed by atoms with Crippen molar-refractivity contribution in [2.75, 3.05) is 6.54 Å². The van der Waals surface area contributed by atoms with Crippen molar-refractivity contribution in [2.45, 2.75) is 32.7 Å². The van der Waals surface area contributed by atoms with Crippen molar-refractivity contribution >= 4 is 11.7 Å². The summed E-state index contributed by atoms with van der Waals surface area (Å²) >= 11 is 0. The zero-order valence-electron chi connectivity index (χ0n) is 9.45. The van der Waals surface area contributed by atoms with E-state index in [1.54, 1.807) is 0 Å². The number of amidine groups is 1. The van der Waals surface area contributed by atoms with E-state index in [-0.39, 0.29) is 29.6 Å². The van der Waals surface area contributed by atoms with Gasteiger partial charge in [-0.1, -0.05) is 12.1 Å². The van der Waals surface area contributed by atoms with Crippen LogP contribution in [-0.2, 0) is 4.79 Å². The van der Waals surface area contributed by atoms with Gasteiger partial charge in [-0.3, -0.25) is 4.79 Å². The zero-order chi connectivity index (χ0) is 12.1. The molecule has 6 N–H and O–H groups in total. The first kappa shape index (κ1) is 13.7. The summed E-state index contributed by atoms with van der Waals surface area (Å²) < 4.78 is 0. The van der Waals surface area contributed by atoms with Crippen LogP contribution in [0, 0.1) is 5.92 Å². The van der Waals surface area contributed by atoms with Crippen molar-refractivity contribution in [3.8, 4) is 0 Å². The Hall–Kier alpha value is -1.30. The fourth-order valence-corrected chi connectivity index (χ4v) is 1.13. The molecule has 0 fully saturated rings. The van der Waals surface area contributed by atoms with E-state index < -0.39 is 0 Å². The molecule has 0 saturated carbocycles. The largest absolute Gasteiger partial charge is 0.409 e. The molecule has 6 heteroatoms. The van der Waals surface area contributed by atoms with Crippen LogP contribution in [0.4, 0.5) is 0 Å². The van der Waals surface area contributed by atoms with Crippen molar-refractivity contribution in [3.05, 3.63) is 0 Å². The molecule has 0 aromatic carbocycles. The predicted octanol–water partition coefficient (Wildman–Crippen LogP) is -0.387. The molecule has 1 unspecified atom stereocenters. The number of amides is 1. The summed E-state index contributed by atoms with van der Waals surface area (Å²) in [7, 11) is 0. The molecule has 15 heavy (non-hydrogen) atoms. The molecule has 0 heterocycles. The van der Waals surface area contributed by atoms with Crippen LogP contribution in [0.1, 0.15) is 27.2 Å². The number of nitrogens with zero attached hydrogens (tertiary/aromatic N) is 1. The lowest BCUT2D eigenvalue weighted by molar-refractivity contribution is -0.119. The van der Waals surface area contributed by atoms with Gasteiger partial charge in [0.05, 0.1) is 0 Å². The molecule has 1 atom stereocenters. The molecule has 0 spiro atoms. The summed E-state index contributed by atoms with van der Waals surface area (Å²) in [5.41, 5.74) is 10.1. The third kappa shape index (κ3) is 5.90. The van der Waals surface area contributed by atoms with E-state index in [0.717, 1.165) is 0 Å². The number of nitrogens with two attached hydrogens (primary N) is 2. The Morgan fingerprint density at radius 1 is 1.53 bits per heavy atom. The SMILES string of the molecule is CC(CNC(C)(C)CC(N)=O)C(N)=NO. The van der Waals surface area contributed by atoms with Gasteiger partial charge < -0.3 is 22.0 Å². The van der Waals surface area contributed by atoms with Crippen molar-refractivity contribution in [3.63, 3.8) is 0 Å². The summed E-state index contributed by atoms with van der Waals surface area (Å²) in [5.74, 6) is -0.288. The molecule has 6 nitrogen and oxygen atoms in total. The number of primary amides is 1. The van der Waals surface area contributed by atoms with Crippen LogP contribution in [0.15, 0.2) is 5.16 Å². The van der Waals surface area contributed by atoms with Gasteiger partial charge >= 0.3 is 0 Å². The second-order valence-corrected chi connectivity index (χ2v) is 4.33. The van der Waals surface area contributed by atoms with E-state index in [9.17, 15) is 4.79 Å². The molecule has 0 saturated heterocycles. The minimum atomic E-state index is -0.379. The van der Waals surface area contributed by atoms with Gasteiger partial charge in [0.1, 0.15) is 5.84 Å². The third-order valence-corrected chi connectivity index (χ3v) is 2.12. The Labute approximate surface area is 89.7 Å². The van der Waals surface area contributed by atoms with E-state index >= 15 is 0 Å². The average Bonchev–Trinajstić information content (AvgIpc) is 2.11. The number of hydrogen-bond donors (Lipinski definition) is 4. The monoisotopic (exact) mass is 216 g/mol. The van der Waals surface area contributed by atoms with E-state index in [4.69, 9.17) is 16.7 Å². The van der Waals surface area contributed by atoms with Gasteiger partial charge in [-0.15, -0.1) is 0 Å². The molecule has 0 radical (unpaired) electrons. The lowest BCUT2D eigenvalue weighted by Crippen LogP contribution is -2.46. The number of carbonyl (C=O) groups excluding carboxylic acids is 1. The van der Waals surface area contributed by atoms with Crippen molar-refractivity contribution in [1.29, 1.82) is 0 Å². The molecule has 0 aromatic heterocycles. The van der Waals surface area contributed by atoms with Crippen LogP contribution in [0.3, 0.4) is 0 Å². The van der Waals surface area contributed by atoms with Crippen LogP contribution in [-0.4, -0.2) is 29.0 Å². The van der Waals surface area contributed by atoms with Gasteiger partial charge in [0, 0.05) is 24.4 Å². The number of rotatable bonds is 6. The van der Waals surface area contributed by atoms with Crippen LogP contribution >= 0.6 is 0 Å². The number of hydrogen-bond acceptors (Lipinski definition) is 4. The molecule has 1 amide bonds. The summed E-state index contributed by atoms with van der Waals surface area (Å²) in [6, 6.07) is 0. The van der Waals surface area contributed by atoms with E-state index in [2.05, 4.69) is 10.5 Å². The first-order valence-electron chi connectivity index (χ1n) is 4.79. The average molecular weight is 216 g/mol. The third-order valence-electron chi connectivity index (χ3n) is 2.12. The first-order valence-corrected chi connectivity index (χ1v) is 4.79. The summed E-state index contributed by atoms with van der Waals surface area (Å²) in [6.45, 7) is 6.09. The zero-order valence-corrected chi connectivity index (χ0v) is 9.45. The summed E-state index contributed by atoms with van der Waals surface area (Å²) in [5, 5.41) is 14.5. The maximum absolute atomic E-state index is 10.7. The maximum Gasteiger partial charge on any atom is 0.219 e. The van der Waals surface area contributed by atoms with Gasteiger partial charge in [0.25, 0.3) is 0 Å². The molecule has 0 aliphatic carbocycles. The van der Waals surface area contributed by atoms with E-state index in [1.807, 2.05) is 20.8 Å². The Morgan fingerprint density at radius 3 is 2.47 bits per heavy atom. The lowest BCUT2D eigenvalue weighted by atomic mass is 9.99. The molecular weight excluding hydrogens is 196 g/mol. The number of oxime groups is 1. The first-order chi connectivity index (χ1) is 6.78. The highest BCUT2D eigenvalue weighted by Gasteiger charge is 2.21. The van der Waals surface area contributed by atoms with Gasteiger partial charge in [0.2, 0.25) is 5.91 Å². The molecule has 0 aromatic rings. The standard InChI is InChI=1S/C9H20N4O2/c1-6(8(11)13-15)5-12-9(2,3)4-7(10)14/h6,12,15H,4-5H2,1-3H3,(H2,10,14)(H2,11,13). The van der Waals surface area contributed by atoms with Crippen LogP contribution < -0.4 is 16.8 Å². The van der Waals surface area contributed by atoms with Crippen molar-refractivity contribution in [2.24, 2.45) is 22.5 Å². The number of carbonyl (C=O) groups is 1. The molecular formula is C9H20N4O2. The molecule has 0 rings (SSSR count). The topological polar surface area (TPSA) is 114 Å². The quantitative estimate of drug-likeness (QED) is 0.209. The Bertz CT molecular complexity index is 250. The maximum atomic E-state index is 10.7. The Kier molecular flexibility index (Phi) is 5.07. The molecule has 0 aliphatic heterocycles. The second kappa shape index (κ2) is 5.55. The molecule has 0 aliphatic rings. The highest BCUT2D eigenvalue weighted by atomic mass is 16.4. The van der Waals surface area contributed by atoms with Crippen molar-refractivity contribution < 1.29 is 10.0 Å². The van der Waals surface area contributed by atoms with Crippen LogP contribution in [0.25, 0.3) is 0 Å². The van der Waals surface area contributed by atoms with Gasteiger partial charge in [-0.2, -0.15) is 0 Å². The summed E-state index contributed by atoms with van der Waals surface area (Å²) in [4.78, 5) is 10.7. The van der Waals surface area contributed by atoms with E-state index in [1.165, 1.54) is 0 Å². The fraction of sp³-hybridized carbons (Fsp3) is 0.778. The highest BCUT2D eigenvalue weighted by molar-refractivity contribution is 5.82. The molecule has 0 bridgehead atoms. The van der Waals surface area contributed by atoms with Gasteiger partial charge in [0.15, 0.2) is 0 Å². The highest BCUT2D eigenvalue weighted by Crippen LogP contribution is 2.08. The summed E-state index contributed by atoms with van der Waals surface area (Å²) in [6.07, 6.45) is 0.246.